The standard InChI is InChI=1S/C25H22ClFN4O3/c1-14-5-4-6-18(9-14)28-23(32)13-30-24(33)22(29-25(30)34)11-17-10-15(2)31(16(17)3)19-7-8-21(27)20(26)12-19/h4-12H,13H2,1-3H3,(H,28,32)(H,29,34)/b22-11+. The largest absolute Gasteiger partial charge is 0.329 e. The minimum Gasteiger partial charge on any atom is -0.325 e. The summed E-state index contributed by atoms with van der Waals surface area (Å²) in [6, 6.07) is 12.8. The number of nitrogens with one attached hydrogen (secondary N) is 2. The van der Waals surface area contributed by atoms with Crippen molar-refractivity contribution in [3.8, 4) is 5.69 Å². The van der Waals surface area contributed by atoms with Crippen LogP contribution in [0.5, 0.6) is 0 Å². The van der Waals surface area contributed by atoms with E-state index in [2.05, 4.69) is 10.6 Å². The fraction of sp³-hybridized carbons (Fsp3) is 0.160. The number of urea groups is 1. The van der Waals surface area contributed by atoms with Crippen molar-refractivity contribution in [3.05, 3.63) is 87.6 Å². The highest BCUT2D eigenvalue weighted by Gasteiger charge is 2.35. The zero-order valence-electron chi connectivity index (χ0n) is 18.8. The van der Waals surface area contributed by atoms with Crippen LogP contribution in [0.25, 0.3) is 11.8 Å². The van der Waals surface area contributed by atoms with Gasteiger partial charge in [0.25, 0.3) is 5.91 Å². The molecule has 4 rings (SSSR count). The van der Waals surface area contributed by atoms with E-state index in [1.54, 1.807) is 30.3 Å². The summed E-state index contributed by atoms with van der Waals surface area (Å²) in [6.45, 7) is 5.18. The molecule has 174 valence electrons. The molecule has 0 bridgehead atoms. The molecule has 1 fully saturated rings. The predicted molar refractivity (Wildman–Crippen MR) is 128 cm³/mol. The molecule has 2 heterocycles. The second kappa shape index (κ2) is 9.15. The summed E-state index contributed by atoms with van der Waals surface area (Å²) >= 11 is 5.93. The van der Waals surface area contributed by atoms with Gasteiger partial charge in [-0.15, -0.1) is 0 Å². The third-order valence-corrected chi connectivity index (χ3v) is 5.79. The molecular weight excluding hydrogens is 459 g/mol. The molecule has 1 saturated heterocycles. The van der Waals surface area contributed by atoms with Crippen molar-refractivity contribution < 1.29 is 18.8 Å². The lowest BCUT2D eigenvalue weighted by molar-refractivity contribution is -0.127. The average molecular weight is 481 g/mol. The number of carbonyl (C=O) groups excluding carboxylic acids is 3. The Kier molecular flexibility index (Phi) is 6.26. The first kappa shape index (κ1) is 23.3. The zero-order valence-corrected chi connectivity index (χ0v) is 19.5. The second-order valence-electron chi connectivity index (χ2n) is 8.06. The van der Waals surface area contributed by atoms with Crippen molar-refractivity contribution >= 4 is 41.2 Å². The van der Waals surface area contributed by atoms with Crippen LogP contribution in [0, 0.1) is 26.6 Å². The highest BCUT2D eigenvalue weighted by molar-refractivity contribution is 6.30. The lowest BCUT2D eigenvalue weighted by Crippen LogP contribution is -2.38. The quantitative estimate of drug-likeness (QED) is 0.409. The number of hydrogen-bond acceptors (Lipinski definition) is 3. The molecule has 0 unspecified atom stereocenters. The molecular formula is C25H22ClFN4O3. The smallest absolute Gasteiger partial charge is 0.325 e. The van der Waals surface area contributed by atoms with Gasteiger partial charge in [0.1, 0.15) is 18.1 Å². The van der Waals surface area contributed by atoms with Crippen LogP contribution >= 0.6 is 11.6 Å². The number of aryl methyl sites for hydroxylation is 2. The van der Waals surface area contributed by atoms with Crippen LogP contribution < -0.4 is 10.6 Å². The molecule has 1 aromatic heterocycles. The maximum atomic E-state index is 13.6. The van der Waals surface area contributed by atoms with E-state index in [0.717, 1.165) is 21.9 Å². The third-order valence-electron chi connectivity index (χ3n) is 5.50. The van der Waals surface area contributed by atoms with Gasteiger partial charge in [-0.1, -0.05) is 23.7 Å². The van der Waals surface area contributed by atoms with Crippen molar-refractivity contribution in [1.82, 2.24) is 14.8 Å². The van der Waals surface area contributed by atoms with Gasteiger partial charge < -0.3 is 15.2 Å². The van der Waals surface area contributed by atoms with Crippen LogP contribution in [0.2, 0.25) is 5.02 Å². The number of benzene rings is 2. The first-order chi connectivity index (χ1) is 16.1. The van der Waals surface area contributed by atoms with E-state index in [4.69, 9.17) is 11.6 Å². The number of imide groups is 1. The van der Waals surface area contributed by atoms with Crippen molar-refractivity contribution in [2.75, 3.05) is 11.9 Å². The number of anilines is 1. The molecule has 1 aliphatic rings. The summed E-state index contributed by atoms with van der Waals surface area (Å²) in [5, 5.41) is 5.22. The van der Waals surface area contributed by atoms with Gasteiger partial charge in [-0.05, 0) is 74.4 Å². The Balaban J connectivity index is 1.54. The first-order valence-electron chi connectivity index (χ1n) is 10.5. The molecule has 0 saturated carbocycles. The van der Waals surface area contributed by atoms with Gasteiger partial charge in [0.15, 0.2) is 0 Å². The minimum atomic E-state index is -0.672. The third kappa shape index (κ3) is 4.58. The van der Waals surface area contributed by atoms with E-state index >= 15 is 0 Å². The fourth-order valence-corrected chi connectivity index (χ4v) is 4.07. The number of hydrogen-bond donors (Lipinski definition) is 2. The molecule has 2 N–H and O–H groups in total. The molecule has 3 aromatic rings. The van der Waals surface area contributed by atoms with Gasteiger partial charge in [-0.25, -0.2) is 14.1 Å². The predicted octanol–water partition coefficient (Wildman–Crippen LogP) is 4.73. The highest BCUT2D eigenvalue weighted by atomic mass is 35.5. The number of nitrogens with zero attached hydrogens (tertiary/aromatic N) is 2. The summed E-state index contributed by atoms with van der Waals surface area (Å²) in [5.41, 5.74) is 4.57. The van der Waals surface area contributed by atoms with Gasteiger partial charge in [-0.2, -0.15) is 0 Å². The molecule has 4 amide bonds. The minimum absolute atomic E-state index is 0.00252. The monoisotopic (exact) mass is 480 g/mol. The van der Waals surface area contributed by atoms with Crippen molar-refractivity contribution in [3.63, 3.8) is 0 Å². The van der Waals surface area contributed by atoms with Crippen molar-refractivity contribution in [2.45, 2.75) is 20.8 Å². The van der Waals surface area contributed by atoms with E-state index in [1.807, 2.05) is 37.5 Å². The molecule has 9 heteroatoms. The van der Waals surface area contributed by atoms with Crippen LogP contribution in [0.4, 0.5) is 14.9 Å². The normalized spacial score (nSPS) is 14.6. The lowest BCUT2D eigenvalue weighted by Gasteiger charge is -2.12. The first-order valence-corrected chi connectivity index (χ1v) is 10.9. The fourth-order valence-electron chi connectivity index (χ4n) is 3.89. The Morgan fingerprint density at radius 1 is 1.12 bits per heavy atom. The summed E-state index contributed by atoms with van der Waals surface area (Å²) in [6.07, 6.45) is 1.56. The summed E-state index contributed by atoms with van der Waals surface area (Å²) in [7, 11) is 0. The molecule has 0 aliphatic carbocycles. The maximum absolute atomic E-state index is 13.6. The number of aromatic nitrogens is 1. The molecule has 0 radical (unpaired) electrons. The molecule has 1 aliphatic heterocycles. The van der Waals surface area contributed by atoms with Gasteiger partial charge >= 0.3 is 6.03 Å². The Bertz CT molecular complexity index is 1360. The van der Waals surface area contributed by atoms with E-state index in [1.165, 1.54) is 12.1 Å². The topological polar surface area (TPSA) is 83.4 Å². The SMILES string of the molecule is Cc1cccc(NC(=O)CN2C(=O)N/C(=C/c3cc(C)n(-c4ccc(F)c(Cl)c4)c3C)C2=O)c1. The van der Waals surface area contributed by atoms with Crippen LogP contribution in [0.1, 0.15) is 22.5 Å². The second-order valence-corrected chi connectivity index (χ2v) is 8.46. The zero-order chi connectivity index (χ0) is 24.6. The number of amides is 4. The number of halogens is 2. The molecule has 0 spiro atoms. The Morgan fingerprint density at radius 3 is 2.59 bits per heavy atom. The van der Waals surface area contributed by atoms with Gasteiger partial charge in [-0.3, -0.25) is 9.59 Å². The lowest BCUT2D eigenvalue weighted by atomic mass is 10.2. The maximum Gasteiger partial charge on any atom is 0.329 e. The molecule has 7 nitrogen and oxygen atoms in total. The van der Waals surface area contributed by atoms with Crippen LogP contribution in [-0.2, 0) is 9.59 Å². The Morgan fingerprint density at radius 2 is 1.88 bits per heavy atom. The Labute approximate surface area is 200 Å². The number of carbonyl (C=O) groups is 3. The van der Waals surface area contributed by atoms with Crippen LogP contribution in [0.3, 0.4) is 0 Å². The van der Waals surface area contributed by atoms with E-state index in [0.29, 0.717) is 16.9 Å². The van der Waals surface area contributed by atoms with Crippen LogP contribution in [0.15, 0.2) is 54.2 Å². The summed E-state index contributed by atoms with van der Waals surface area (Å²) in [5.74, 6) is -1.60. The van der Waals surface area contributed by atoms with E-state index in [9.17, 15) is 18.8 Å². The van der Waals surface area contributed by atoms with Crippen molar-refractivity contribution in [2.24, 2.45) is 0 Å². The van der Waals surface area contributed by atoms with Crippen LogP contribution in [-0.4, -0.2) is 33.9 Å². The summed E-state index contributed by atoms with van der Waals surface area (Å²) < 4.78 is 15.4. The van der Waals surface area contributed by atoms with Crippen molar-refractivity contribution in [1.29, 1.82) is 0 Å². The Hall–Kier alpha value is -3.91. The molecule has 0 atom stereocenters. The molecule has 34 heavy (non-hydrogen) atoms. The average Bonchev–Trinajstić information content (AvgIpc) is 3.19. The summed E-state index contributed by atoms with van der Waals surface area (Å²) in [4.78, 5) is 38.5. The van der Waals surface area contributed by atoms with Gasteiger partial charge in [0, 0.05) is 22.8 Å². The van der Waals surface area contributed by atoms with Gasteiger partial charge in [0.2, 0.25) is 5.91 Å². The highest BCUT2D eigenvalue weighted by Crippen LogP contribution is 2.26. The van der Waals surface area contributed by atoms with Gasteiger partial charge in [0.05, 0.1) is 5.02 Å². The molecule has 2 aromatic carbocycles. The van der Waals surface area contributed by atoms with E-state index in [-0.39, 0.29) is 10.7 Å². The number of rotatable bonds is 5. The van der Waals surface area contributed by atoms with E-state index < -0.39 is 30.2 Å².